The number of esters is 1. The van der Waals surface area contributed by atoms with Crippen molar-refractivity contribution in [3.8, 4) is 0 Å². The van der Waals surface area contributed by atoms with Crippen LogP contribution in [0.4, 0.5) is 0 Å². The Kier molecular flexibility index (Phi) is 47.6. The van der Waals surface area contributed by atoms with E-state index in [1.807, 2.05) is 0 Å². The average Bonchev–Trinajstić information content (AvgIpc) is 3.26. The van der Waals surface area contributed by atoms with Crippen LogP contribution in [-0.4, -0.2) is 46.9 Å². The molecule has 0 aromatic carbocycles. The highest BCUT2D eigenvalue weighted by molar-refractivity contribution is 5.77. The van der Waals surface area contributed by atoms with E-state index in [0.717, 1.165) is 96.3 Å². The molecule has 0 aliphatic carbocycles. The summed E-state index contributed by atoms with van der Waals surface area (Å²) in [4.78, 5) is 26.1. The van der Waals surface area contributed by atoms with Crippen LogP contribution in [0.25, 0.3) is 0 Å². The fraction of sp³-hybridized carbons (Fsp3) is 0.786. The summed E-state index contributed by atoms with van der Waals surface area (Å²) in [7, 11) is 0. The van der Waals surface area contributed by atoms with E-state index < -0.39 is 18.2 Å². The van der Waals surface area contributed by atoms with E-state index in [9.17, 15) is 19.8 Å². The molecule has 6 heteroatoms. The highest BCUT2D eigenvalue weighted by Crippen LogP contribution is 2.17. The van der Waals surface area contributed by atoms with Crippen LogP contribution in [0.3, 0.4) is 0 Å². The van der Waals surface area contributed by atoms with Gasteiger partial charge in [-0.25, -0.2) is 0 Å². The minimum Gasteiger partial charge on any atom is -0.462 e. The number of aliphatic hydroxyl groups is 2. The summed E-state index contributed by atoms with van der Waals surface area (Å²) in [6.45, 7) is 6.43. The van der Waals surface area contributed by atoms with Gasteiger partial charge < -0.3 is 20.3 Å². The van der Waals surface area contributed by atoms with Gasteiger partial charge in [-0.3, -0.25) is 9.59 Å². The Morgan fingerprint density at radius 2 is 0.871 bits per heavy atom. The van der Waals surface area contributed by atoms with Gasteiger partial charge >= 0.3 is 5.97 Å². The first-order valence-corrected chi connectivity index (χ1v) is 26.5. The number of ether oxygens (including phenoxy) is 1. The molecular weight excluding hydrogens is 767 g/mol. The van der Waals surface area contributed by atoms with Crippen LogP contribution in [0.5, 0.6) is 0 Å². The Morgan fingerprint density at radius 3 is 1.37 bits per heavy atom. The van der Waals surface area contributed by atoms with Gasteiger partial charge in [0.15, 0.2) is 0 Å². The molecule has 0 heterocycles. The second kappa shape index (κ2) is 49.6. The van der Waals surface area contributed by atoms with Crippen LogP contribution >= 0.6 is 0 Å². The summed E-state index contributed by atoms with van der Waals surface area (Å²) < 4.78 is 5.92. The van der Waals surface area contributed by atoms with Gasteiger partial charge in [-0.05, 0) is 89.9 Å². The first kappa shape index (κ1) is 59.6. The molecule has 3 unspecified atom stereocenters. The van der Waals surface area contributed by atoms with E-state index in [2.05, 4.69) is 86.8 Å². The number of amides is 1. The lowest BCUT2D eigenvalue weighted by Crippen LogP contribution is -2.46. The van der Waals surface area contributed by atoms with E-state index in [0.29, 0.717) is 19.3 Å². The van der Waals surface area contributed by atoms with Crippen molar-refractivity contribution in [3.63, 3.8) is 0 Å². The zero-order chi connectivity index (χ0) is 45.2. The number of hydrogen-bond donors (Lipinski definition) is 3. The number of carbonyl (C=O) groups is 2. The van der Waals surface area contributed by atoms with E-state index in [-0.39, 0.29) is 24.9 Å². The molecule has 6 nitrogen and oxygen atoms in total. The predicted molar refractivity (Wildman–Crippen MR) is 268 cm³/mol. The van der Waals surface area contributed by atoms with E-state index in [4.69, 9.17) is 4.74 Å². The van der Waals surface area contributed by atoms with Crippen LogP contribution in [0.2, 0.25) is 0 Å². The Hall–Kier alpha value is -2.44. The molecule has 3 atom stereocenters. The van der Waals surface area contributed by atoms with Crippen molar-refractivity contribution < 1.29 is 24.5 Å². The molecule has 62 heavy (non-hydrogen) atoms. The molecule has 0 aliphatic heterocycles. The van der Waals surface area contributed by atoms with Crippen LogP contribution in [0.15, 0.2) is 60.8 Å². The van der Waals surface area contributed by atoms with Crippen molar-refractivity contribution in [3.05, 3.63) is 60.8 Å². The van der Waals surface area contributed by atoms with Crippen LogP contribution in [-0.2, 0) is 14.3 Å². The van der Waals surface area contributed by atoms with Crippen molar-refractivity contribution in [2.45, 2.75) is 277 Å². The smallest absolute Gasteiger partial charge is 0.306 e. The molecule has 0 rings (SSSR count). The SMILES string of the molecule is CCCCC/C=C\C/C=C\C/C=C\CCCCCCC(CC(=O)NC(CO)C(O)CCCCCCCCCCCC)OC(=O)CCCCC/C=C/C=C/CCCCCCCCC. The fourth-order valence-electron chi connectivity index (χ4n) is 7.78. The maximum Gasteiger partial charge on any atom is 0.306 e. The van der Waals surface area contributed by atoms with E-state index in [1.54, 1.807) is 0 Å². The van der Waals surface area contributed by atoms with Gasteiger partial charge in [-0.1, -0.05) is 216 Å². The van der Waals surface area contributed by atoms with E-state index in [1.165, 1.54) is 116 Å². The molecule has 0 aromatic heterocycles. The summed E-state index contributed by atoms with van der Waals surface area (Å²) in [6, 6.07) is -0.715. The first-order valence-electron chi connectivity index (χ1n) is 26.5. The predicted octanol–water partition coefficient (Wildman–Crippen LogP) is 16.0. The van der Waals surface area contributed by atoms with Crippen molar-refractivity contribution in [1.82, 2.24) is 5.32 Å². The monoisotopic (exact) mass is 868 g/mol. The molecule has 0 radical (unpaired) electrons. The zero-order valence-electron chi connectivity index (χ0n) is 41.0. The standard InChI is InChI=1S/C56H101NO5/c1-4-7-10-13-16-19-22-24-26-28-29-31-33-35-38-41-44-47-52(50-55(60)57-53(51-58)54(59)48-45-42-39-36-21-18-15-12-9-6-3)62-56(61)49-46-43-40-37-34-32-30-27-25-23-20-17-14-11-8-5-2/h16,19,24,26-27,29-32,34,52-54,58-59H,4-15,17-18,20-23,25,28,33,35-51H2,1-3H3,(H,57,60)/b19-16-,26-24-,30-27+,31-29-,34-32+. The van der Waals surface area contributed by atoms with Crippen molar-refractivity contribution in [2.24, 2.45) is 0 Å². The third-order valence-electron chi connectivity index (χ3n) is 11.8. The normalized spacial score (nSPS) is 13.7. The minimum atomic E-state index is -0.799. The minimum absolute atomic E-state index is 0.0510. The van der Waals surface area contributed by atoms with Gasteiger partial charge in [0.25, 0.3) is 0 Å². The van der Waals surface area contributed by atoms with Gasteiger partial charge in [0.2, 0.25) is 5.91 Å². The summed E-state index contributed by atoms with van der Waals surface area (Å²) >= 11 is 0. The Bertz CT molecular complexity index is 1110. The quantitative estimate of drug-likeness (QED) is 0.0245. The van der Waals surface area contributed by atoms with Gasteiger partial charge in [-0.2, -0.15) is 0 Å². The Labute approximate surface area is 384 Å². The molecule has 1 amide bonds. The zero-order valence-corrected chi connectivity index (χ0v) is 41.0. The number of carbonyl (C=O) groups excluding carboxylic acids is 2. The molecule has 0 aromatic rings. The van der Waals surface area contributed by atoms with Crippen molar-refractivity contribution in [2.75, 3.05) is 6.61 Å². The Morgan fingerprint density at radius 1 is 0.484 bits per heavy atom. The number of allylic oxidation sites excluding steroid dienone is 10. The number of hydrogen-bond acceptors (Lipinski definition) is 5. The van der Waals surface area contributed by atoms with Gasteiger partial charge in [0, 0.05) is 6.42 Å². The molecule has 0 aliphatic rings. The van der Waals surface area contributed by atoms with Crippen molar-refractivity contribution >= 4 is 11.9 Å². The number of aliphatic hydroxyl groups excluding tert-OH is 2. The third kappa shape index (κ3) is 44.2. The molecule has 3 N–H and O–H groups in total. The lowest BCUT2D eigenvalue weighted by atomic mass is 10.0. The largest absolute Gasteiger partial charge is 0.462 e. The van der Waals surface area contributed by atoms with Crippen LogP contribution in [0, 0.1) is 0 Å². The number of nitrogens with one attached hydrogen (secondary N) is 1. The lowest BCUT2D eigenvalue weighted by molar-refractivity contribution is -0.151. The topological polar surface area (TPSA) is 95.9 Å². The molecule has 360 valence electrons. The fourth-order valence-corrected chi connectivity index (χ4v) is 7.78. The summed E-state index contributed by atoms with van der Waals surface area (Å²) in [5.41, 5.74) is 0. The Balaban J connectivity index is 4.68. The highest BCUT2D eigenvalue weighted by atomic mass is 16.5. The van der Waals surface area contributed by atoms with Gasteiger partial charge in [0.05, 0.1) is 25.2 Å². The number of rotatable bonds is 47. The summed E-state index contributed by atoms with van der Waals surface area (Å²) in [6.07, 6.45) is 61.4. The molecule has 0 spiro atoms. The molecular formula is C56H101NO5. The molecule has 0 bridgehead atoms. The third-order valence-corrected chi connectivity index (χ3v) is 11.8. The summed E-state index contributed by atoms with van der Waals surface area (Å²) in [5, 5.41) is 23.7. The maximum absolute atomic E-state index is 13.2. The summed E-state index contributed by atoms with van der Waals surface area (Å²) in [5.74, 6) is -0.525. The molecule has 0 fully saturated rings. The number of unbranched alkanes of at least 4 members (excludes halogenated alkanes) is 26. The van der Waals surface area contributed by atoms with E-state index >= 15 is 0 Å². The van der Waals surface area contributed by atoms with Crippen molar-refractivity contribution in [1.29, 1.82) is 0 Å². The van der Waals surface area contributed by atoms with Crippen LogP contribution in [0.1, 0.15) is 258 Å². The second-order valence-electron chi connectivity index (χ2n) is 17.9. The lowest BCUT2D eigenvalue weighted by Gasteiger charge is -2.24. The van der Waals surface area contributed by atoms with Gasteiger partial charge in [0.1, 0.15) is 6.10 Å². The first-order chi connectivity index (χ1) is 30.5. The molecule has 0 saturated carbocycles. The average molecular weight is 868 g/mol. The molecule has 0 saturated heterocycles. The van der Waals surface area contributed by atoms with Crippen LogP contribution < -0.4 is 5.32 Å². The van der Waals surface area contributed by atoms with Gasteiger partial charge in [-0.15, -0.1) is 0 Å². The maximum atomic E-state index is 13.2. The second-order valence-corrected chi connectivity index (χ2v) is 17.9. The highest BCUT2D eigenvalue weighted by Gasteiger charge is 2.24.